The van der Waals surface area contributed by atoms with E-state index in [0.29, 0.717) is 27.8 Å². The molecule has 7 heteroatoms. The second kappa shape index (κ2) is 10.6. The van der Waals surface area contributed by atoms with Crippen molar-refractivity contribution in [2.45, 2.75) is 44.6 Å². The molecule has 1 aromatic heterocycles. The number of nitrogens with zero attached hydrogens (tertiary/aromatic N) is 3. The van der Waals surface area contributed by atoms with Crippen molar-refractivity contribution >= 4 is 40.3 Å². The maximum Gasteiger partial charge on any atom is 0.282 e. The Balaban J connectivity index is 1.48. The van der Waals surface area contributed by atoms with Crippen molar-refractivity contribution in [2.75, 3.05) is 0 Å². The van der Waals surface area contributed by atoms with Crippen LogP contribution < -0.4 is 10.3 Å². The van der Waals surface area contributed by atoms with E-state index in [4.69, 9.17) is 32.9 Å². The Labute approximate surface area is 214 Å². The maximum absolute atomic E-state index is 13.4. The molecular formula is C28H25Cl2N3O2. The summed E-state index contributed by atoms with van der Waals surface area (Å²) >= 11 is 12.1. The smallest absolute Gasteiger partial charge is 0.282 e. The topological polar surface area (TPSA) is 56.5 Å². The lowest BCUT2D eigenvalue weighted by Gasteiger charge is -2.22. The minimum absolute atomic E-state index is 0.151. The Hall–Kier alpha value is -3.15. The summed E-state index contributed by atoms with van der Waals surface area (Å²) in [7, 11) is 0. The summed E-state index contributed by atoms with van der Waals surface area (Å²) in [5.41, 5.74) is 2.24. The van der Waals surface area contributed by atoms with E-state index in [1.54, 1.807) is 24.4 Å². The van der Waals surface area contributed by atoms with Crippen molar-refractivity contribution in [3.05, 3.63) is 104 Å². The second-order valence-corrected chi connectivity index (χ2v) is 9.57. The monoisotopic (exact) mass is 505 g/mol. The Morgan fingerprint density at radius 2 is 1.74 bits per heavy atom. The van der Waals surface area contributed by atoms with Gasteiger partial charge in [0.05, 0.1) is 27.2 Å². The van der Waals surface area contributed by atoms with Gasteiger partial charge in [-0.2, -0.15) is 9.78 Å². The maximum atomic E-state index is 13.4. The molecule has 0 spiro atoms. The van der Waals surface area contributed by atoms with Crippen LogP contribution in [0.5, 0.6) is 5.75 Å². The molecule has 4 aromatic rings. The Morgan fingerprint density at radius 3 is 2.57 bits per heavy atom. The molecule has 178 valence electrons. The number of hydrogen-bond donors (Lipinski definition) is 0. The quantitative estimate of drug-likeness (QED) is 0.260. The van der Waals surface area contributed by atoms with Crippen LogP contribution >= 0.6 is 23.2 Å². The van der Waals surface area contributed by atoms with E-state index in [9.17, 15) is 4.79 Å². The average molecular weight is 506 g/mol. The highest BCUT2D eigenvalue weighted by Gasteiger charge is 2.22. The molecule has 0 aliphatic heterocycles. The summed E-state index contributed by atoms with van der Waals surface area (Å²) in [6.45, 7) is 0.326. The first-order valence-electron chi connectivity index (χ1n) is 11.8. The molecule has 3 aromatic carbocycles. The Kier molecular flexibility index (Phi) is 7.16. The van der Waals surface area contributed by atoms with Crippen LogP contribution in [0, 0.1) is 0 Å². The van der Waals surface area contributed by atoms with Crippen molar-refractivity contribution in [1.82, 2.24) is 9.66 Å². The van der Waals surface area contributed by atoms with Crippen molar-refractivity contribution in [2.24, 2.45) is 5.10 Å². The van der Waals surface area contributed by atoms with Gasteiger partial charge in [0.1, 0.15) is 18.2 Å². The van der Waals surface area contributed by atoms with Crippen LogP contribution in [-0.4, -0.2) is 15.9 Å². The molecule has 5 nitrogen and oxygen atoms in total. The molecular weight excluding hydrogens is 481 g/mol. The fraction of sp³-hybridized carbons (Fsp3) is 0.250. The van der Waals surface area contributed by atoms with Gasteiger partial charge in [0.25, 0.3) is 5.56 Å². The van der Waals surface area contributed by atoms with E-state index in [1.807, 2.05) is 48.5 Å². The zero-order valence-electron chi connectivity index (χ0n) is 19.2. The molecule has 0 radical (unpaired) electrons. The van der Waals surface area contributed by atoms with Crippen LogP contribution in [-0.2, 0) is 6.61 Å². The highest BCUT2D eigenvalue weighted by Crippen LogP contribution is 2.32. The first-order chi connectivity index (χ1) is 17.1. The van der Waals surface area contributed by atoms with Gasteiger partial charge in [0.15, 0.2) is 0 Å². The molecule has 0 bridgehead atoms. The SMILES string of the molecule is O=c1c2ccccc2nc(C2CCCCC2)n1N=Cc1ccccc1OCc1ccc(Cl)c(Cl)c1. The molecule has 0 atom stereocenters. The highest BCUT2D eigenvalue weighted by molar-refractivity contribution is 6.42. The van der Waals surface area contributed by atoms with Gasteiger partial charge >= 0.3 is 0 Å². The minimum Gasteiger partial charge on any atom is -0.488 e. The Morgan fingerprint density at radius 1 is 0.971 bits per heavy atom. The fourth-order valence-corrected chi connectivity index (χ4v) is 4.83. The first-order valence-corrected chi connectivity index (χ1v) is 12.6. The van der Waals surface area contributed by atoms with Crippen molar-refractivity contribution < 1.29 is 4.74 Å². The number of hydrogen-bond acceptors (Lipinski definition) is 4. The van der Waals surface area contributed by atoms with Gasteiger partial charge in [-0.25, -0.2) is 4.98 Å². The zero-order valence-corrected chi connectivity index (χ0v) is 20.7. The van der Waals surface area contributed by atoms with Gasteiger partial charge in [-0.1, -0.05) is 72.8 Å². The average Bonchev–Trinajstić information content (AvgIpc) is 2.90. The van der Waals surface area contributed by atoms with E-state index >= 15 is 0 Å². The van der Waals surface area contributed by atoms with Crippen LogP contribution in [0.3, 0.4) is 0 Å². The van der Waals surface area contributed by atoms with Crippen LogP contribution in [0.4, 0.5) is 0 Å². The molecule has 5 rings (SSSR count). The van der Waals surface area contributed by atoms with Gasteiger partial charge in [-0.3, -0.25) is 4.79 Å². The molecule has 1 aliphatic carbocycles. The van der Waals surface area contributed by atoms with E-state index in [1.165, 1.54) is 11.1 Å². The minimum atomic E-state index is -0.151. The largest absolute Gasteiger partial charge is 0.488 e. The summed E-state index contributed by atoms with van der Waals surface area (Å²) in [6.07, 6.45) is 7.22. The summed E-state index contributed by atoms with van der Waals surface area (Å²) < 4.78 is 7.54. The van der Waals surface area contributed by atoms with Crippen LogP contribution in [0.15, 0.2) is 76.6 Å². The molecule has 35 heavy (non-hydrogen) atoms. The van der Waals surface area contributed by atoms with E-state index < -0.39 is 0 Å². The summed E-state index contributed by atoms with van der Waals surface area (Å²) in [5.74, 6) is 1.61. The van der Waals surface area contributed by atoms with Crippen LogP contribution in [0.25, 0.3) is 10.9 Å². The third kappa shape index (κ3) is 5.26. The number of fused-ring (bicyclic) bond motifs is 1. The summed E-state index contributed by atoms with van der Waals surface area (Å²) in [4.78, 5) is 18.3. The third-order valence-electron chi connectivity index (χ3n) is 6.36. The zero-order chi connectivity index (χ0) is 24.2. The molecule has 1 fully saturated rings. The molecule has 0 amide bonds. The molecule has 0 N–H and O–H groups in total. The van der Waals surface area contributed by atoms with E-state index in [0.717, 1.165) is 48.2 Å². The highest BCUT2D eigenvalue weighted by atomic mass is 35.5. The molecule has 1 heterocycles. The lowest BCUT2D eigenvalue weighted by Crippen LogP contribution is -2.25. The molecule has 1 aliphatic rings. The van der Waals surface area contributed by atoms with E-state index in [2.05, 4.69) is 5.10 Å². The van der Waals surface area contributed by atoms with Crippen molar-refractivity contribution in [3.63, 3.8) is 0 Å². The van der Waals surface area contributed by atoms with Crippen molar-refractivity contribution in [1.29, 1.82) is 0 Å². The summed E-state index contributed by atoms with van der Waals surface area (Å²) in [5, 5.41) is 6.20. The molecule has 0 unspecified atom stereocenters. The number of ether oxygens (including phenoxy) is 1. The lowest BCUT2D eigenvalue weighted by molar-refractivity contribution is 0.306. The predicted octanol–water partition coefficient (Wildman–Crippen LogP) is 7.21. The standard InChI is InChI=1S/C28H25Cl2N3O2/c29-23-15-14-19(16-24(23)30)18-35-26-13-7-4-10-21(26)17-31-33-27(20-8-2-1-3-9-20)32-25-12-6-5-11-22(25)28(33)34/h4-7,10-17,20H,1-3,8-9,18H2. The molecule has 0 saturated heterocycles. The predicted molar refractivity (Wildman–Crippen MR) is 142 cm³/mol. The Bertz CT molecular complexity index is 1440. The summed E-state index contributed by atoms with van der Waals surface area (Å²) in [6, 6.07) is 20.5. The first kappa shape index (κ1) is 23.6. The van der Waals surface area contributed by atoms with Gasteiger partial charge < -0.3 is 4.74 Å². The second-order valence-electron chi connectivity index (χ2n) is 8.76. The van der Waals surface area contributed by atoms with E-state index in [-0.39, 0.29) is 11.5 Å². The fourth-order valence-electron chi connectivity index (χ4n) is 4.51. The van der Waals surface area contributed by atoms with Gasteiger partial charge in [-0.05, 0) is 54.8 Å². The van der Waals surface area contributed by atoms with Gasteiger partial charge in [-0.15, -0.1) is 0 Å². The van der Waals surface area contributed by atoms with Crippen LogP contribution in [0.2, 0.25) is 10.0 Å². The number of benzene rings is 3. The van der Waals surface area contributed by atoms with Crippen LogP contribution in [0.1, 0.15) is 55.0 Å². The van der Waals surface area contributed by atoms with Gasteiger partial charge in [0.2, 0.25) is 0 Å². The number of aromatic nitrogens is 2. The number of rotatable bonds is 6. The van der Waals surface area contributed by atoms with Gasteiger partial charge in [0, 0.05) is 11.5 Å². The number of para-hydroxylation sites is 2. The van der Waals surface area contributed by atoms with Crippen molar-refractivity contribution in [3.8, 4) is 5.75 Å². The number of halogens is 2. The lowest BCUT2D eigenvalue weighted by atomic mass is 9.88. The third-order valence-corrected chi connectivity index (χ3v) is 7.10. The normalized spacial score (nSPS) is 14.6. The molecule has 1 saturated carbocycles.